The van der Waals surface area contributed by atoms with Crippen LogP contribution in [0.4, 0.5) is 13.2 Å². The number of likely N-dealkylation sites (tertiary alicyclic amines) is 1. The second kappa shape index (κ2) is 6.63. The number of carbonyl (C=O) groups is 1. The zero-order valence-electron chi connectivity index (χ0n) is 14.4. The van der Waals surface area contributed by atoms with E-state index >= 15 is 0 Å². The second-order valence-corrected chi connectivity index (χ2v) is 7.54. The first-order valence-corrected chi connectivity index (χ1v) is 8.85. The Balaban J connectivity index is 1.59. The molecule has 1 aliphatic carbocycles. The molecule has 3 rings (SSSR count). The number of rotatable bonds is 4. The highest BCUT2D eigenvalue weighted by atomic mass is 19.4. The topological polar surface area (TPSA) is 40.5 Å². The Morgan fingerprint density at radius 2 is 1.96 bits per heavy atom. The maximum absolute atomic E-state index is 12.7. The Hall–Kier alpha value is -1.56. The normalized spacial score (nSPS) is 23.6. The first-order chi connectivity index (χ1) is 11.8. The third-order valence-electron chi connectivity index (χ3n) is 5.84. The molecule has 1 heterocycles. The Kier molecular flexibility index (Phi) is 4.84. The number of halogens is 3. The largest absolute Gasteiger partial charge is 0.416 e. The van der Waals surface area contributed by atoms with Crippen molar-refractivity contribution in [2.24, 2.45) is 11.3 Å². The van der Waals surface area contributed by atoms with Crippen LogP contribution in [-0.4, -0.2) is 35.6 Å². The fraction of sp³-hybridized carbons (Fsp3) is 0.632. The number of alkyl halides is 3. The van der Waals surface area contributed by atoms with Gasteiger partial charge in [-0.3, -0.25) is 4.79 Å². The lowest BCUT2D eigenvalue weighted by Crippen LogP contribution is -2.58. The molecular formula is C19H24F3NO2. The van der Waals surface area contributed by atoms with E-state index in [1.165, 1.54) is 0 Å². The van der Waals surface area contributed by atoms with Crippen LogP contribution < -0.4 is 0 Å². The van der Waals surface area contributed by atoms with Crippen LogP contribution >= 0.6 is 0 Å². The lowest BCUT2D eigenvalue weighted by molar-refractivity contribution is -0.149. The Morgan fingerprint density at radius 3 is 2.48 bits per heavy atom. The SMILES string of the molecule is CC[C@H](CO)C(=O)N1CC2(CC[C@@H](c3ccc(C(F)(F)F)cc3)C2)C1. The van der Waals surface area contributed by atoms with Crippen molar-refractivity contribution in [2.45, 2.75) is 44.7 Å². The molecule has 1 N–H and O–H groups in total. The Bertz CT molecular complexity index is 617. The van der Waals surface area contributed by atoms with Gasteiger partial charge < -0.3 is 10.0 Å². The number of aliphatic hydroxyl groups is 1. The number of aliphatic hydroxyl groups excluding tert-OH is 1. The molecule has 1 aromatic carbocycles. The zero-order chi connectivity index (χ0) is 18.2. The van der Waals surface area contributed by atoms with Crippen molar-refractivity contribution < 1.29 is 23.1 Å². The van der Waals surface area contributed by atoms with Gasteiger partial charge in [-0.1, -0.05) is 19.1 Å². The molecule has 1 amide bonds. The molecular weight excluding hydrogens is 331 g/mol. The molecule has 138 valence electrons. The van der Waals surface area contributed by atoms with E-state index in [1.54, 1.807) is 12.1 Å². The van der Waals surface area contributed by atoms with Crippen LogP contribution in [0, 0.1) is 11.3 Å². The second-order valence-electron chi connectivity index (χ2n) is 7.54. The van der Waals surface area contributed by atoms with E-state index in [9.17, 15) is 23.1 Å². The van der Waals surface area contributed by atoms with Crippen molar-refractivity contribution in [3.05, 3.63) is 35.4 Å². The minimum Gasteiger partial charge on any atom is -0.396 e. The predicted octanol–water partition coefficient (Wildman–Crippen LogP) is 3.82. The summed E-state index contributed by atoms with van der Waals surface area (Å²) in [7, 11) is 0. The van der Waals surface area contributed by atoms with Gasteiger partial charge in [-0.2, -0.15) is 13.2 Å². The van der Waals surface area contributed by atoms with Gasteiger partial charge in [0.2, 0.25) is 5.91 Å². The van der Waals surface area contributed by atoms with Crippen LogP contribution in [0.15, 0.2) is 24.3 Å². The van der Waals surface area contributed by atoms with Gasteiger partial charge in [0.15, 0.2) is 0 Å². The molecule has 1 aliphatic heterocycles. The average Bonchev–Trinajstić information content (AvgIpc) is 2.99. The molecule has 0 unspecified atom stereocenters. The Morgan fingerprint density at radius 1 is 1.32 bits per heavy atom. The molecule has 0 radical (unpaired) electrons. The standard InChI is InChI=1S/C19H24F3NO2/c1-2-13(10-24)17(25)23-11-18(12-23)8-7-15(9-18)14-3-5-16(6-4-14)19(20,21)22/h3-6,13,15,24H,2,7-12H2,1H3/t13-,15-/m1/s1. The van der Waals surface area contributed by atoms with Crippen LogP contribution in [0.3, 0.4) is 0 Å². The van der Waals surface area contributed by atoms with E-state index in [0.29, 0.717) is 19.5 Å². The van der Waals surface area contributed by atoms with Crippen LogP contribution in [0.25, 0.3) is 0 Å². The number of amides is 1. The lowest BCUT2D eigenvalue weighted by Gasteiger charge is -2.49. The van der Waals surface area contributed by atoms with Gasteiger partial charge in [-0.25, -0.2) is 0 Å². The monoisotopic (exact) mass is 355 g/mol. The van der Waals surface area contributed by atoms with E-state index in [-0.39, 0.29) is 29.8 Å². The molecule has 25 heavy (non-hydrogen) atoms. The van der Waals surface area contributed by atoms with E-state index < -0.39 is 11.7 Å². The van der Waals surface area contributed by atoms with Crippen molar-refractivity contribution in [2.75, 3.05) is 19.7 Å². The summed E-state index contributed by atoms with van der Waals surface area (Å²) >= 11 is 0. The molecule has 1 aromatic rings. The van der Waals surface area contributed by atoms with Crippen LogP contribution in [0.5, 0.6) is 0 Å². The third kappa shape index (κ3) is 3.54. The fourth-order valence-electron chi connectivity index (χ4n) is 4.28. The van der Waals surface area contributed by atoms with E-state index in [1.807, 2.05) is 11.8 Å². The summed E-state index contributed by atoms with van der Waals surface area (Å²) in [5, 5.41) is 9.26. The van der Waals surface area contributed by atoms with Gasteiger partial charge >= 0.3 is 6.18 Å². The first kappa shape index (κ1) is 18.2. The summed E-state index contributed by atoms with van der Waals surface area (Å²) in [6, 6.07) is 5.49. The van der Waals surface area contributed by atoms with E-state index in [0.717, 1.165) is 37.0 Å². The summed E-state index contributed by atoms with van der Waals surface area (Å²) in [4.78, 5) is 14.1. The van der Waals surface area contributed by atoms with Gasteiger partial charge in [0.25, 0.3) is 0 Å². The molecule has 2 atom stereocenters. The summed E-state index contributed by atoms with van der Waals surface area (Å²) in [5.74, 6) is -0.0302. The summed E-state index contributed by atoms with van der Waals surface area (Å²) < 4.78 is 38.0. The number of benzene rings is 1. The molecule has 2 fully saturated rings. The quantitative estimate of drug-likeness (QED) is 0.892. The van der Waals surface area contributed by atoms with Gasteiger partial charge in [-0.15, -0.1) is 0 Å². The van der Waals surface area contributed by atoms with Gasteiger partial charge in [0.1, 0.15) is 0 Å². The lowest BCUT2D eigenvalue weighted by atomic mass is 9.76. The molecule has 6 heteroatoms. The van der Waals surface area contributed by atoms with Crippen molar-refractivity contribution >= 4 is 5.91 Å². The maximum Gasteiger partial charge on any atom is 0.416 e. The smallest absolute Gasteiger partial charge is 0.396 e. The highest BCUT2D eigenvalue weighted by Gasteiger charge is 2.50. The van der Waals surface area contributed by atoms with Crippen LogP contribution in [0.1, 0.15) is 49.7 Å². The van der Waals surface area contributed by atoms with Crippen molar-refractivity contribution in [3.63, 3.8) is 0 Å². The molecule has 0 bridgehead atoms. The first-order valence-electron chi connectivity index (χ1n) is 8.85. The molecule has 0 aromatic heterocycles. The molecule has 2 aliphatic rings. The van der Waals surface area contributed by atoms with E-state index in [4.69, 9.17) is 0 Å². The highest BCUT2D eigenvalue weighted by Crippen LogP contribution is 2.52. The van der Waals surface area contributed by atoms with Gasteiger partial charge in [0.05, 0.1) is 18.1 Å². The van der Waals surface area contributed by atoms with Crippen molar-refractivity contribution in [3.8, 4) is 0 Å². The van der Waals surface area contributed by atoms with E-state index in [2.05, 4.69) is 0 Å². The minimum absolute atomic E-state index is 0.0219. The van der Waals surface area contributed by atoms with Crippen molar-refractivity contribution in [1.29, 1.82) is 0 Å². The third-order valence-corrected chi connectivity index (χ3v) is 5.84. The number of nitrogens with zero attached hydrogens (tertiary/aromatic N) is 1. The Labute approximate surface area is 145 Å². The zero-order valence-corrected chi connectivity index (χ0v) is 14.4. The fourth-order valence-corrected chi connectivity index (χ4v) is 4.28. The average molecular weight is 355 g/mol. The summed E-state index contributed by atoms with van der Waals surface area (Å²) in [5.41, 5.74) is 0.451. The molecule has 3 nitrogen and oxygen atoms in total. The van der Waals surface area contributed by atoms with Gasteiger partial charge in [0, 0.05) is 18.5 Å². The molecule has 1 saturated heterocycles. The number of carbonyl (C=O) groups excluding carboxylic acids is 1. The number of hydrogen-bond acceptors (Lipinski definition) is 2. The minimum atomic E-state index is -4.30. The molecule has 1 saturated carbocycles. The highest BCUT2D eigenvalue weighted by molar-refractivity contribution is 5.80. The van der Waals surface area contributed by atoms with Crippen molar-refractivity contribution in [1.82, 2.24) is 4.90 Å². The van der Waals surface area contributed by atoms with Gasteiger partial charge in [-0.05, 0) is 49.3 Å². The number of hydrogen-bond donors (Lipinski definition) is 1. The maximum atomic E-state index is 12.7. The molecule has 1 spiro atoms. The predicted molar refractivity (Wildman–Crippen MR) is 87.9 cm³/mol. The summed E-state index contributed by atoms with van der Waals surface area (Å²) in [6.45, 7) is 3.19. The van der Waals surface area contributed by atoms with Crippen LogP contribution in [0.2, 0.25) is 0 Å². The van der Waals surface area contributed by atoms with Crippen LogP contribution in [-0.2, 0) is 11.0 Å². The summed E-state index contributed by atoms with van der Waals surface area (Å²) in [6.07, 6.45) is -0.805.